The van der Waals surface area contributed by atoms with Gasteiger partial charge in [0.15, 0.2) is 0 Å². The molecule has 0 bridgehead atoms. The summed E-state index contributed by atoms with van der Waals surface area (Å²) in [4.78, 5) is 2.13. The normalized spacial score (nSPS) is 13.2. The van der Waals surface area contributed by atoms with Crippen LogP contribution in [-0.4, -0.2) is 40.6 Å². The average Bonchev–Trinajstić information content (AvgIpc) is 3.03. The van der Waals surface area contributed by atoms with Crippen molar-refractivity contribution in [1.29, 1.82) is 0 Å². The SMILES string of the molecule is CCOc1ccc(S(=O)(=O)NCC(c2ccco2)N(C)C)cc1C. The molecule has 0 spiro atoms. The number of likely N-dealkylation sites (N-methyl/N-ethyl adjacent to an activating group) is 1. The first kappa shape index (κ1) is 18.5. The van der Waals surface area contributed by atoms with Crippen LogP contribution in [0.4, 0.5) is 0 Å². The summed E-state index contributed by atoms with van der Waals surface area (Å²) in [6.07, 6.45) is 1.58. The highest BCUT2D eigenvalue weighted by atomic mass is 32.2. The molecule has 6 nitrogen and oxygen atoms in total. The summed E-state index contributed by atoms with van der Waals surface area (Å²) in [5, 5.41) is 0. The summed E-state index contributed by atoms with van der Waals surface area (Å²) in [5.74, 6) is 1.41. The van der Waals surface area contributed by atoms with Crippen LogP contribution in [0.3, 0.4) is 0 Å². The predicted molar refractivity (Wildman–Crippen MR) is 92.7 cm³/mol. The van der Waals surface area contributed by atoms with E-state index in [-0.39, 0.29) is 17.5 Å². The number of rotatable bonds is 8. The van der Waals surface area contributed by atoms with Crippen LogP contribution in [0.5, 0.6) is 5.75 Å². The maximum absolute atomic E-state index is 12.5. The largest absolute Gasteiger partial charge is 0.494 e. The highest BCUT2D eigenvalue weighted by molar-refractivity contribution is 7.89. The maximum atomic E-state index is 12.5. The standard InChI is InChI=1S/C17H24N2O4S/c1-5-22-16-9-8-14(11-13(16)2)24(20,21)18-12-15(19(3)4)17-7-6-10-23-17/h6-11,15,18H,5,12H2,1-4H3. The second-order valence-electron chi connectivity index (χ2n) is 5.71. The van der Waals surface area contributed by atoms with Crippen LogP contribution in [-0.2, 0) is 10.0 Å². The zero-order valence-electron chi connectivity index (χ0n) is 14.4. The molecule has 0 aliphatic carbocycles. The Hall–Kier alpha value is -1.83. The van der Waals surface area contributed by atoms with Crippen molar-refractivity contribution in [2.75, 3.05) is 27.2 Å². The Kier molecular flexibility index (Phi) is 6.04. The second-order valence-corrected chi connectivity index (χ2v) is 7.47. The number of nitrogens with zero attached hydrogens (tertiary/aromatic N) is 1. The molecule has 0 radical (unpaired) electrons. The van der Waals surface area contributed by atoms with Crippen molar-refractivity contribution >= 4 is 10.0 Å². The van der Waals surface area contributed by atoms with Gasteiger partial charge in [-0.3, -0.25) is 4.90 Å². The topological polar surface area (TPSA) is 71.8 Å². The van der Waals surface area contributed by atoms with Gasteiger partial charge in [0.1, 0.15) is 11.5 Å². The molecule has 24 heavy (non-hydrogen) atoms. The molecule has 0 aliphatic heterocycles. The van der Waals surface area contributed by atoms with Crippen molar-refractivity contribution in [3.05, 3.63) is 47.9 Å². The van der Waals surface area contributed by atoms with Gasteiger partial charge in [-0.15, -0.1) is 0 Å². The van der Waals surface area contributed by atoms with Gasteiger partial charge in [0.2, 0.25) is 10.0 Å². The predicted octanol–water partition coefficient (Wildman–Crippen LogP) is 2.57. The summed E-state index contributed by atoms with van der Waals surface area (Å²) in [6, 6.07) is 8.29. The van der Waals surface area contributed by atoms with Gasteiger partial charge in [0, 0.05) is 6.54 Å². The van der Waals surface area contributed by atoms with Crippen LogP contribution in [0, 0.1) is 6.92 Å². The molecule has 2 rings (SSSR count). The van der Waals surface area contributed by atoms with Crippen molar-refractivity contribution < 1.29 is 17.6 Å². The Bertz CT molecular complexity index is 755. The van der Waals surface area contributed by atoms with E-state index in [0.717, 1.165) is 5.56 Å². The number of furan rings is 1. The molecule has 1 unspecified atom stereocenters. The Labute approximate surface area is 143 Å². The Morgan fingerprint density at radius 2 is 2.04 bits per heavy atom. The van der Waals surface area contributed by atoms with Gasteiger partial charge >= 0.3 is 0 Å². The lowest BCUT2D eigenvalue weighted by Crippen LogP contribution is -2.34. The number of aryl methyl sites for hydroxylation is 1. The van der Waals surface area contributed by atoms with E-state index in [4.69, 9.17) is 9.15 Å². The van der Waals surface area contributed by atoms with Crippen molar-refractivity contribution in [1.82, 2.24) is 9.62 Å². The molecule has 1 aromatic heterocycles. The number of ether oxygens (including phenoxy) is 1. The molecule has 7 heteroatoms. The molecule has 0 aliphatic rings. The Morgan fingerprint density at radius 3 is 2.58 bits per heavy atom. The van der Waals surface area contributed by atoms with E-state index < -0.39 is 10.0 Å². The Balaban J connectivity index is 2.14. The first-order valence-electron chi connectivity index (χ1n) is 7.78. The van der Waals surface area contributed by atoms with E-state index in [0.29, 0.717) is 18.1 Å². The van der Waals surface area contributed by atoms with E-state index in [9.17, 15) is 8.42 Å². The highest BCUT2D eigenvalue weighted by Gasteiger charge is 2.22. The molecule has 0 saturated carbocycles. The highest BCUT2D eigenvalue weighted by Crippen LogP contribution is 2.23. The van der Waals surface area contributed by atoms with Crippen molar-refractivity contribution in [3.63, 3.8) is 0 Å². The van der Waals surface area contributed by atoms with E-state index in [1.165, 1.54) is 0 Å². The van der Waals surface area contributed by atoms with Crippen molar-refractivity contribution in [3.8, 4) is 5.75 Å². The summed E-state index contributed by atoms with van der Waals surface area (Å²) in [5.41, 5.74) is 0.787. The minimum absolute atomic E-state index is 0.182. The monoisotopic (exact) mass is 352 g/mol. The molecule has 0 fully saturated rings. The van der Waals surface area contributed by atoms with Crippen LogP contribution in [0.2, 0.25) is 0 Å². The first-order valence-corrected chi connectivity index (χ1v) is 9.26. The molecular formula is C17H24N2O4S. The van der Waals surface area contributed by atoms with Gasteiger partial charge in [-0.2, -0.15) is 0 Å². The van der Waals surface area contributed by atoms with Crippen molar-refractivity contribution in [2.24, 2.45) is 0 Å². The molecule has 0 saturated heterocycles. The lowest BCUT2D eigenvalue weighted by atomic mass is 10.2. The molecule has 132 valence electrons. The van der Waals surface area contributed by atoms with Gasteiger partial charge in [-0.25, -0.2) is 13.1 Å². The van der Waals surface area contributed by atoms with E-state index >= 15 is 0 Å². The molecular weight excluding hydrogens is 328 g/mol. The number of nitrogens with one attached hydrogen (secondary N) is 1. The quantitative estimate of drug-likeness (QED) is 0.790. The van der Waals surface area contributed by atoms with E-state index in [1.54, 1.807) is 30.5 Å². The first-order chi connectivity index (χ1) is 11.3. The molecule has 0 amide bonds. The number of hydrogen-bond donors (Lipinski definition) is 1. The Morgan fingerprint density at radius 1 is 1.29 bits per heavy atom. The van der Waals surface area contributed by atoms with Gasteiger partial charge in [0.25, 0.3) is 0 Å². The summed E-state index contributed by atoms with van der Waals surface area (Å²) < 4.78 is 38.6. The fourth-order valence-electron chi connectivity index (χ4n) is 2.40. The minimum Gasteiger partial charge on any atom is -0.494 e. The summed E-state index contributed by atoms with van der Waals surface area (Å²) in [6.45, 7) is 4.48. The molecule has 1 heterocycles. The molecule has 1 atom stereocenters. The van der Waals surface area contributed by atoms with E-state index in [1.807, 2.05) is 38.9 Å². The number of hydrogen-bond acceptors (Lipinski definition) is 5. The van der Waals surface area contributed by atoms with Gasteiger partial charge < -0.3 is 9.15 Å². The van der Waals surface area contributed by atoms with Crippen LogP contribution in [0.15, 0.2) is 45.9 Å². The third-order valence-electron chi connectivity index (χ3n) is 3.72. The van der Waals surface area contributed by atoms with Gasteiger partial charge in [-0.1, -0.05) is 0 Å². The maximum Gasteiger partial charge on any atom is 0.240 e. The van der Waals surface area contributed by atoms with Gasteiger partial charge in [-0.05, 0) is 63.8 Å². The molecule has 1 N–H and O–H groups in total. The van der Waals surface area contributed by atoms with Gasteiger partial charge in [0.05, 0.1) is 23.8 Å². The minimum atomic E-state index is -3.61. The van der Waals surface area contributed by atoms with Crippen LogP contribution < -0.4 is 9.46 Å². The summed E-state index contributed by atoms with van der Waals surface area (Å²) in [7, 11) is 0.147. The zero-order valence-corrected chi connectivity index (χ0v) is 15.3. The average molecular weight is 352 g/mol. The molecule has 2 aromatic rings. The van der Waals surface area contributed by atoms with Crippen LogP contribution >= 0.6 is 0 Å². The fourth-order valence-corrected chi connectivity index (χ4v) is 3.52. The third kappa shape index (κ3) is 4.37. The van der Waals surface area contributed by atoms with E-state index in [2.05, 4.69) is 4.72 Å². The molecule has 1 aromatic carbocycles. The number of sulfonamides is 1. The fraction of sp³-hybridized carbons (Fsp3) is 0.412. The van der Waals surface area contributed by atoms with Crippen LogP contribution in [0.1, 0.15) is 24.3 Å². The zero-order chi connectivity index (χ0) is 17.7. The van der Waals surface area contributed by atoms with Crippen molar-refractivity contribution in [2.45, 2.75) is 24.8 Å². The second kappa shape index (κ2) is 7.83. The van der Waals surface area contributed by atoms with Crippen LogP contribution in [0.25, 0.3) is 0 Å². The lowest BCUT2D eigenvalue weighted by molar-refractivity contribution is 0.259. The smallest absolute Gasteiger partial charge is 0.240 e. The summed E-state index contributed by atoms with van der Waals surface area (Å²) >= 11 is 0. The number of benzene rings is 1. The lowest BCUT2D eigenvalue weighted by Gasteiger charge is -2.22. The third-order valence-corrected chi connectivity index (χ3v) is 5.14.